The molecule has 2 atom stereocenters. The molecule has 2 aromatic rings. The molecule has 1 amide bonds. The summed E-state index contributed by atoms with van der Waals surface area (Å²) < 4.78 is 16.7. The number of nitrogens with zero attached hydrogens (tertiary/aromatic N) is 1. The molecule has 0 spiro atoms. The minimum absolute atomic E-state index is 0.0336. The predicted octanol–water partition coefficient (Wildman–Crippen LogP) is 4.12. The fourth-order valence-electron chi connectivity index (χ4n) is 4.51. The van der Waals surface area contributed by atoms with Crippen molar-refractivity contribution in [3.8, 4) is 17.2 Å². The fraction of sp³-hybridized carbons (Fsp3) is 0.480. The van der Waals surface area contributed by atoms with Crippen LogP contribution in [0.5, 0.6) is 17.2 Å². The Morgan fingerprint density at radius 1 is 1.13 bits per heavy atom. The van der Waals surface area contributed by atoms with Gasteiger partial charge in [0.05, 0.1) is 19.7 Å². The Morgan fingerprint density at radius 3 is 2.58 bits per heavy atom. The highest BCUT2D eigenvalue weighted by Crippen LogP contribution is 2.38. The molecule has 0 aromatic heterocycles. The van der Waals surface area contributed by atoms with Crippen molar-refractivity contribution in [1.29, 1.82) is 0 Å². The van der Waals surface area contributed by atoms with Crippen LogP contribution < -0.4 is 19.5 Å². The Morgan fingerprint density at radius 2 is 1.87 bits per heavy atom. The van der Waals surface area contributed by atoms with E-state index in [-0.39, 0.29) is 23.9 Å². The minimum atomic E-state index is -0.0336. The lowest BCUT2D eigenvalue weighted by Gasteiger charge is -2.28. The number of rotatable bonds is 7. The summed E-state index contributed by atoms with van der Waals surface area (Å²) in [6.07, 6.45) is 2.12. The van der Waals surface area contributed by atoms with Crippen LogP contribution in [0, 0.1) is 5.92 Å². The van der Waals surface area contributed by atoms with Crippen molar-refractivity contribution in [1.82, 2.24) is 10.2 Å². The van der Waals surface area contributed by atoms with E-state index in [1.807, 2.05) is 30.3 Å². The lowest BCUT2D eigenvalue weighted by Crippen LogP contribution is -2.40. The Labute approximate surface area is 184 Å². The first-order valence-corrected chi connectivity index (χ1v) is 11.1. The third-order valence-electron chi connectivity index (χ3n) is 6.12. The van der Waals surface area contributed by atoms with Crippen molar-refractivity contribution in [2.75, 3.05) is 33.4 Å². The van der Waals surface area contributed by atoms with Gasteiger partial charge in [0, 0.05) is 6.04 Å². The maximum Gasteiger partial charge on any atom is 0.234 e. The third kappa shape index (κ3) is 4.96. The van der Waals surface area contributed by atoms with Gasteiger partial charge in [-0.3, -0.25) is 9.69 Å². The molecule has 0 unspecified atom stereocenters. The monoisotopic (exact) mass is 424 g/mol. The summed E-state index contributed by atoms with van der Waals surface area (Å²) in [6, 6.07) is 14.3. The fourth-order valence-corrected chi connectivity index (χ4v) is 4.51. The van der Waals surface area contributed by atoms with Gasteiger partial charge in [0.25, 0.3) is 0 Å². The zero-order chi connectivity index (χ0) is 21.8. The van der Waals surface area contributed by atoms with E-state index in [1.165, 1.54) is 5.56 Å². The van der Waals surface area contributed by atoms with Crippen LogP contribution in [0.1, 0.15) is 49.9 Å². The van der Waals surface area contributed by atoms with Gasteiger partial charge in [0.1, 0.15) is 19.0 Å². The zero-order valence-electron chi connectivity index (χ0n) is 18.6. The number of carbonyl (C=O) groups is 1. The van der Waals surface area contributed by atoms with E-state index < -0.39 is 0 Å². The Balaban J connectivity index is 1.42. The second kappa shape index (κ2) is 9.60. The molecule has 166 valence electrons. The van der Waals surface area contributed by atoms with Crippen molar-refractivity contribution in [2.45, 2.75) is 38.8 Å². The molecule has 6 heteroatoms. The van der Waals surface area contributed by atoms with Crippen LogP contribution in [0.3, 0.4) is 0 Å². The third-order valence-corrected chi connectivity index (χ3v) is 6.12. The maximum atomic E-state index is 13.0. The largest absolute Gasteiger partial charge is 0.497 e. The summed E-state index contributed by atoms with van der Waals surface area (Å²) in [5.41, 5.74) is 2.28. The van der Waals surface area contributed by atoms with Gasteiger partial charge in [-0.15, -0.1) is 0 Å². The van der Waals surface area contributed by atoms with Gasteiger partial charge >= 0.3 is 0 Å². The molecule has 0 bridgehead atoms. The van der Waals surface area contributed by atoms with E-state index in [9.17, 15) is 4.79 Å². The van der Waals surface area contributed by atoms with E-state index >= 15 is 0 Å². The van der Waals surface area contributed by atoms with Crippen LogP contribution >= 0.6 is 0 Å². The van der Waals surface area contributed by atoms with E-state index in [4.69, 9.17) is 14.2 Å². The van der Waals surface area contributed by atoms with Crippen LogP contribution in [0.15, 0.2) is 42.5 Å². The highest BCUT2D eigenvalue weighted by molar-refractivity contribution is 5.78. The molecule has 2 aliphatic heterocycles. The van der Waals surface area contributed by atoms with Crippen molar-refractivity contribution < 1.29 is 19.0 Å². The molecule has 0 aliphatic carbocycles. The summed E-state index contributed by atoms with van der Waals surface area (Å²) in [4.78, 5) is 15.3. The van der Waals surface area contributed by atoms with Crippen molar-refractivity contribution >= 4 is 5.91 Å². The van der Waals surface area contributed by atoms with Gasteiger partial charge in [0.15, 0.2) is 11.5 Å². The van der Waals surface area contributed by atoms with Crippen LogP contribution in [0.2, 0.25) is 0 Å². The molecule has 2 aliphatic rings. The molecular formula is C25H32N2O4. The molecule has 2 heterocycles. The molecule has 31 heavy (non-hydrogen) atoms. The molecule has 2 aromatic carbocycles. The maximum absolute atomic E-state index is 13.0. The topological polar surface area (TPSA) is 60.0 Å². The Bertz CT molecular complexity index is 897. The van der Waals surface area contributed by atoms with Gasteiger partial charge in [0.2, 0.25) is 5.91 Å². The molecule has 6 nitrogen and oxygen atoms in total. The number of carbonyl (C=O) groups excluding carboxylic acids is 1. The van der Waals surface area contributed by atoms with Crippen LogP contribution in [-0.4, -0.2) is 44.2 Å². The van der Waals surface area contributed by atoms with Gasteiger partial charge in [-0.25, -0.2) is 0 Å². The second-order valence-corrected chi connectivity index (χ2v) is 8.59. The molecule has 1 saturated heterocycles. The molecule has 0 radical (unpaired) electrons. The lowest BCUT2D eigenvalue weighted by atomic mass is 9.96. The smallest absolute Gasteiger partial charge is 0.234 e. The number of fused-ring (bicyclic) bond motifs is 1. The quantitative estimate of drug-likeness (QED) is 0.725. The molecule has 1 N–H and O–H groups in total. The van der Waals surface area contributed by atoms with E-state index in [0.717, 1.165) is 42.2 Å². The average molecular weight is 425 g/mol. The predicted molar refractivity (Wildman–Crippen MR) is 120 cm³/mol. The van der Waals surface area contributed by atoms with Crippen molar-refractivity contribution in [2.24, 2.45) is 5.92 Å². The lowest BCUT2D eigenvalue weighted by molar-refractivity contribution is -0.123. The van der Waals surface area contributed by atoms with Crippen molar-refractivity contribution in [3.05, 3.63) is 53.6 Å². The highest BCUT2D eigenvalue weighted by atomic mass is 16.6. The highest BCUT2D eigenvalue weighted by Gasteiger charge is 2.29. The normalized spacial score (nSPS) is 19.3. The summed E-state index contributed by atoms with van der Waals surface area (Å²) >= 11 is 0. The SMILES string of the molecule is COc1ccc([C@H](NC(=O)CN2CCC[C@@H]2c2ccc3c(c2)OCCO3)C(C)C)cc1. The second-order valence-electron chi connectivity index (χ2n) is 8.59. The number of benzene rings is 2. The van der Waals surface area contributed by atoms with E-state index in [2.05, 4.69) is 36.2 Å². The first-order chi connectivity index (χ1) is 15.0. The number of ether oxygens (including phenoxy) is 3. The Hall–Kier alpha value is -2.73. The number of hydrogen-bond acceptors (Lipinski definition) is 5. The molecule has 1 fully saturated rings. The molecular weight excluding hydrogens is 392 g/mol. The summed E-state index contributed by atoms with van der Waals surface area (Å²) in [5, 5.41) is 3.25. The number of likely N-dealkylation sites (tertiary alicyclic amines) is 1. The van der Waals surface area contributed by atoms with Crippen LogP contribution in [0.4, 0.5) is 0 Å². The molecule has 4 rings (SSSR count). The Kier molecular flexibility index (Phi) is 6.66. The molecule has 0 saturated carbocycles. The number of nitrogens with one attached hydrogen (secondary N) is 1. The first kappa shape index (κ1) is 21.5. The standard InChI is InChI=1S/C25H32N2O4/c1-17(2)25(18-6-9-20(29-3)10-7-18)26-24(28)16-27-12-4-5-21(27)19-8-11-22-23(15-19)31-14-13-30-22/h6-11,15,17,21,25H,4-5,12-14,16H2,1-3H3,(H,26,28)/t21-,25-/m1/s1. The number of hydrogen-bond donors (Lipinski definition) is 1. The number of amides is 1. The summed E-state index contributed by atoms with van der Waals surface area (Å²) in [7, 11) is 1.66. The van der Waals surface area contributed by atoms with E-state index in [0.29, 0.717) is 19.8 Å². The average Bonchev–Trinajstić information content (AvgIpc) is 3.25. The van der Waals surface area contributed by atoms with Gasteiger partial charge in [-0.2, -0.15) is 0 Å². The summed E-state index contributed by atoms with van der Waals surface area (Å²) in [6.45, 7) is 6.73. The van der Waals surface area contributed by atoms with Crippen LogP contribution in [-0.2, 0) is 4.79 Å². The number of methoxy groups -OCH3 is 1. The van der Waals surface area contributed by atoms with Gasteiger partial charge < -0.3 is 19.5 Å². The summed E-state index contributed by atoms with van der Waals surface area (Å²) in [5.74, 6) is 2.76. The van der Waals surface area contributed by atoms with Crippen LogP contribution in [0.25, 0.3) is 0 Å². The first-order valence-electron chi connectivity index (χ1n) is 11.1. The van der Waals surface area contributed by atoms with Gasteiger partial charge in [-0.1, -0.05) is 32.0 Å². The van der Waals surface area contributed by atoms with E-state index in [1.54, 1.807) is 7.11 Å². The zero-order valence-corrected chi connectivity index (χ0v) is 18.6. The van der Waals surface area contributed by atoms with Gasteiger partial charge in [-0.05, 0) is 60.7 Å². The van der Waals surface area contributed by atoms with Crippen molar-refractivity contribution in [3.63, 3.8) is 0 Å². The minimum Gasteiger partial charge on any atom is -0.497 e.